The summed E-state index contributed by atoms with van der Waals surface area (Å²) in [5.41, 5.74) is 3.66. The number of ketones is 1. The largest absolute Gasteiger partial charge is 0.455 e. The number of carbonyl (C=O) groups excluding carboxylic acids is 2. The highest BCUT2D eigenvalue weighted by atomic mass is 32.2. The molecular weight excluding hydrogens is 562 g/mol. The molecule has 0 N–H and O–H groups in total. The number of alkyl halides is 2. The van der Waals surface area contributed by atoms with Gasteiger partial charge >= 0.3 is 0 Å². The molecule has 10 heteroatoms. The van der Waals surface area contributed by atoms with E-state index in [4.69, 9.17) is 4.42 Å². The van der Waals surface area contributed by atoms with Crippen molar-refractivity contribution in [2.75, 3.05) is 36.9 Å². The Bertz CT molecular complexity index is 1770. The van der Waals surface area contributed by atoms with Crippen LogP contribution in [0.25, 0.3) is 33.4 Å². The number of sulfonamides is 1. The molecule has 7 nitrogen and oxygen atoms in total. The predicted octanol–water partition coefficient (Wildman–Crippen LogP) is 6.59. The SMILES string of the molecule is CCC(=O)c1c(-c2ccc(C)cc2)oc2cc(N(CCF)S(C)(=O)=O)c(-c3cccc(C(=O)N4CC[C@H](F)C4)c3)cc12. The molecule has 42 heavy (non-hydrogen) atoms. The van der Waals surface area contributed by atoms with Crippen molar-refractivity contribution < 1.29 is 31.2 Å². The summed E-state index contributed by atoms with van der Waals surface area (Å²) in [6, 6.07) is 17.3. The molecular formula is C32H32F2N2O5S. The van der Waals surface area contributed by atoms with Gasteiger partial charge in [0.15, 0.2) is 5.78 Å². The lowest BCUT2D eigenvalue weighted by molar-refractivity contribution is 0.0782. The van der Waals surface area contributed by atoms with E-state index in [0.717, 1.165) is 16.1 Å². The van der Waals surface area contributed by atoms with Gasteiger partial charge in [-0.25, -0.2) is 17.2 Å². The van der Waals surface area contributed by atoms with Crippen LogP contribution >= 0.6 is 0 Å². The number of likely N-dealkylation sites (tertiary alicyclic amines) is 1. The van der Waals surface area contributed by atoms with Gasteiger partial charge in [0.25, 0.3) is 5.91 Å². The number of aryl methyl sites for hydroxylation is 1. The van der Waals surface area contributed by atoms with Crippen LogP contribution in [0.15, 0.2) is 65.1 Å². The fourth-order valence-corrected chi connectivity index (χ4v) is 6.29. The average Bonchev–Trinajstić information content (AvgIpc) is 3.57. The van der Waals surface area contributed by atoms with Gasteiger partial charge in [0.2, 0.25) is 10.0 Å². The van der Waals surface area contributed by atoms with Gasteiger partial charge in [0.1, 0.15) is 24.2 Å². The van der Waals surface area contributed by atoms with Crippen LogP contribution < -0.4 is 4.31 Å². The lowest BCUT2D eigenvalue weighted by Crippen LogP contribution is -2.32. The Hall–Kier alpha value is -4.05. The van der Waals surface area contributed by atoms with Crippen LogP contribution in [-0.4, -0.2) is 63.7 Å². The quantitative estimate of drug-likeness (QED) is 0.204. The van der Waals surface area contributed by atoms with Crippen molar-refractivity contribution in [3.8, 4) is 22.5 Å². The summed E-state index contributed by atoms with van der Waals surface area (Å²) in [5, 5.41) is 0.474. The van der Waals surface area contributed by atoms with Gasteiger partial charge in [-0.05, 0) is 37.1 Å². The summed E-state index contributed by atoms with van der Waals surface area (Å²) in [4.78, 5) is 27.9. The zero-order valence-electron chi connectivity index (χ0n) is 23.7. The van der Waals surface area contributed by atoms with E-state index in [2.05, 4.69) is 0 Å². The number of rotatable bonds is 9. The van der Waals surface area contributed by atoms with Crippen molar-refractivity contribution in [3.63, 3.8) is 0 Å². The molecule has 1 aromatic heterocycles. The Labute approximate surface area is 243 Å². The topological polar surface area (TPSA) is 87.9 Å². The van der Waals surface area contributed by atoms with Gasteiger partial charge in [-0.3, -0.25) is 13.9 Å². The van der Waals surface area contributed by atoms with E-state index >= 15 is 0 Å². The number of fused-ring (bicyclic) bond motifs is 1. The van der Waals surface area contributed by atoms with Crippen LogP contribution in [0.4, 0.5) is 14.5 Å². The lowest BCUT2D eigenvalue weighted by atomic mass is 9.95. The molecule has 1 aliphatic rings. The maximum absolute atomic E-state index is 13.8. The predicted molar refractivity (Wildman–Crippen MR) is 160 cm³/mol. The molecule has 0 unspecified atom stereocenters. The van der Waals surface area contributed by atoms with Gasteiger partial charge in [0.05, 0.1) is 30.6 Å². The second-order valence-electron chi connectivity index (χ2n) is 10.6. The Morgan fingerprint density at radius 2 is 1.81 bits per heavy atom. The molecule has 4 aromatic rings. The number of hydrogen-bond acceptors (Lipinski definition) is 5. The first kappa shape index (κ1) is 29.4. The molecule has 3 aromatic carbocycles. The van der Waals surface area contributed by atoms with E-state index in [0.29, 0.717) is 45.5 Å². The highest BCUT2D eigenvalue weighted by Crippen LogP contribution is 2.42. The monoisotopic (exact) mass is 594 g/mol. The molecule has 0 bridgehead atoms. The van der Waals surface area contributed by atoms with Gasteiger partial charge in [-0.2, -0.15) is 0 Å². The van der Waals surface area contributed by atoms with Crippen LogP contribution in [0.3, 0.4) is 0 Å². The second-order valence-corrected chi connectivity index (χ2v) is 12.5. The third kappa shape index (κ3) is 5.68. The minimum absolute atomic E-state index is 0.0118. The number of anilines is 1. The molecule has 1 saturated heterocycles. The van der Waals surface area contributed by atoms with Crippen LogP contribution in [0.1, 0.15) is 46.0 Å². The van der Waals surface area contributed by atoms with Crippen LogP contribution in [0, 0.1) is 6.92 Å². The normalized spacial score (nSPS) is 15.4. The van der Waals surface area contributed by atoms with E-state index < -0.39 is 29.4 Å². The van der Waals surface area contributed by atoms with Crippen molar-refractivity contribution in [1.29, 1.82) is 0 Å². The molecule has 0 radical (unpaired) electrons. The van der Waals surface area contributed by atoms with Gasteiger partial charge in [0, 0.05) is 41.1 Å². The number of halogens is 2. The Morgan fingerprint density at radius 3 is 2.43 bits per heavy atom. The van der Waals surface area contributed by atoms with E-state index in [1.807, 2.05) is 31.2 Å². The summed E-state index contributed by atoms with van der Waals surface area (Å²) >= 11 is 0. The van der Waals surface area contributed by atoms with Crippen molar-refractivity contribution in [1.82, 2.24) is 4.90 Å². The highest BCUT2D eigenvalue weighted by Gasteiger charge is 2.29. The number of nitrogens with zero attached hydrogens (tertiary/aromatic N) is 2. The maximum Gasteiger partial charge on any atom is 0.253 e. The van der Waals surface area contributed by atoms with Gasteiger partial charge in [-0.1, -0.05) is 48.9 Å². The number of Topliss-reactive ketones (excluding diaryl/α,β-unsaturated/α-hetero) is 1. The lowest BCUT2D eigenvalue weighted by Gasteiger charge is -2.24. The summed E-state index contributed by atoms with van der Waals surface area (Å²) in [7, 11) is -3.94. The minimum Gasteiger partial charge on any atom is -0.455 e. The summed E-state index contributed by atoms with van der Waals surface area (Å²) in [6.07, 6.45) is 0.394. The highest BCUT2D eigenvalue weighted by molar-refractivity contribution is 7.92. The minimum atomic E-state index is -3.94. The van der Waals surface area contributed by atoms with E-state index in [1.54, 1.807) is 37.3 Å². The summed E-state index contributed by atoms with van der Waals surface area (Å²) in [6.45, 7) is 2.64. The number of hydrogen-bond donors (Lipinski definition) is 0. The van der Waals surface area contributed by atoms with E-state index in [-0.39, 0.29) is 42.3 Å². The number of benzene rings is 3. The Kier molecular flexibility index (Phi) is 8.19. The van der Waals surface area contributed by atoms with Gasteiger partial charge in [-0.15, -0.1) is 0 Å². The zero-order valence-corrected chi connectivity index (χ0v) is 24.5. The van der Waals surface area contributed by atoms with Crippen molar-refractivity contribution in [2.24, 2.45) is 0 Å². The maximum atomic E-state index is 13.8. The van der Waals surface area contributed by atoms with Crippen LogP contribution in [-0.2, 0) is 10.0 Å². The second kappa shape index (κ2) is 11.7. The third-order valence-electron chi connectivity index (χ3n) is 7.52. The molecule has 220 valence electrons. The van der Waals surface area contributed by atoms with E-state index in [9.17, 15) is 26.8 Å². The first-order valence-corrected chi connectivity index (χ1v) is 15.6. The fraction of sp³-hybridized carbons (Fsp3) is 0.312. The molecule has 1 aliphatic heterocycles. The Morgan fingerprint density at radius 1 is 1.07 bits per heavy atom. The first-order chi connectivity index (χ1) is 20.0. The molecule has 1 amide bonds. The van der Waals surface area contributed by atoms with Crippen molar-refractivity contribution >= 4 is 38.4 Å². The first-order valence-electron chi connectivity index (χ1n) is 13.8. The molecule has 1 fully saturated rings. The summed E-state index contributed by atoms with van der Waals surface area (Å²) in [5.74, 6) is -0.143. The Balaban J connectivity index is 1.76. The van der Waals surface area contributed by atoms with Gasteiger partial charge < -0.3 is 9.32 Å². The van der Waals surface area contributed by atoms with Crippen LogP contribution in [0.5, 0.6) is 0 Å². The van der Waals surface area contributed by atoms with Crippen molar-refractivity contribution in [3.05, 3.63) is 77.4 Å². The molecule has 1 atom stereocenters. The van der Waals surface area contributed by atoms with Crippen LogP contribution in [0.2, 0.25) is 0 Å². The standard InChI is InChI=1S/C32H32F2N2O5S/c1-4-28(37)30-26-17-25(22-6-5-7-23(16-22)32(38)35-14-12-24(34)19-35)27(36(15-13-33)42(3,39)40)18-29(26)41-31(30)21-10-8-20(2)9-11-21/h5-11,16-18,24H,4,12-15,19H2,1-3H3/t24-/m0/s1. The molecule has 2 heterocycles. The molecule has 0 aliphatic carbocycles. The number of amides is 1. The van der Waals surface area contributed by atoms with E-state index in [1.165, 1.54) is 11.0 Å². The fourth-order valence-electron chi connectivity index (χ4n) is 5.38. The van der Waals surface area contributed by atoms with Crippen molar-refractivity contribution in [2.45, 2.75) is 32.9 Å². The average molecular weight is 595 g/mol. The smallest absolute Gasteiger partial charge is 0.253 e. The molecule has 0 saturated carbocycles. The molecule has 0 spiro atoms. The molecule has 5 rings (SSSR count). The number of furan rings is 1. The number of carbonyl (C=O) groups is 2. The summed E-state index contributed by atoms with van der Waals surface area (Å²) < 4.78 is 60.5. The zero-order chi connectivity index (χ0) is 30.2. The third-order valence-corrected chi connectivity index (χ3v) is 8.70.